The van der Waals surface area contributed by atoms with Gasteiger partial charge in [-0.25, -0.2) is 4.79 Å². The zero-order chi connectivity index (χ0) is 18.5. The van der Waals surface area contributed by atoms with Crippen molar-refractivity contribution in [1.29, 1.82) is 0 Å². The summed E-state index contributed by atoms with van der Waals surface area (Å²) in [5.41, 5.74) is 4.37. The van der Waals surface area contributed by atoms with Gasteiger partial charge in [0.25, 0.3) is 5.91 Å². The third-order valence-electron chi connectivity index (χ3n) is 4.70. The number of anilines is 1. The van der Waals surface area contributed by atoms with Crippen LogP contribution in [-0.4, -0.2) is 25.6 Å². The number of amides is 1. The molecule has 0 radical (unpaired) electrons. The SMILES string of the molecule is COC(=O)c1cccc(NC(=O)COc2ccc3c(c2)CCCC3)c1C. The molecule has 0 heterocycles. The van der Waals surface area contributed by atoms with E-state index in [0.29, 0.717) is 22.6 Å². The molecule has 136 valence electrons. The van der Waals surface area contributed by atoms with Gasteiger partial charge in [0.05, 0.1) is 12.7 Å². The van der Waals surface area contributed by atoms with Crippen molar-refractivity contribution in [2.45, 2.75) is 32.6 Å². The van der Waals surface area contributed by atoms with E-state index in [2.05, 4.69) is 11.4 Å². The maximum absolute atomic E-state index is 12.2. The Labute approximate surface area is 153 Å². The molecule has 5 nitrogen and oxygen atoms in total. The first-order valence-electron chi connectivity index (χ1n) is 8.81. The Hall–Kier alpha value is -2.82. The van der Waals surface area contributed by atoms with Crippen LogP contribution >= 0.6 is 0 Å². The van der Waals surface area contributed by atoms with E-state index < -0.39 is 5.97 Å². The molecule has 0 atom stereocenters. The summed E-state index contributed by atoms with van der Waals surface area (Å²) in [5.74, 6) is 0.0116. The molecule has 0 unspecified atom stereocenters. The highest BCUT2D eigenvalue weighted by Crippen LogP contribution is 2.25. The quantitative estimate of drug-likeness (QED) is 0.833. The van der Waals surface area contributed by atoms with Crippen molar-refractivity contribution >= 4 is 17.6 Å². The number of carbonyl (C=O) groups is 2. The standard InChI is InChI=1S/C21H23NO4/c1-14-18(21(24)25-2)8-5-9-19(14)22-20(23)13-26-17-11-10-15-6-3-4-7-16(15)12-17/h5,8-12H,3-4,6-7,13H2,1-2H3,(H,22,23). The number of fused-ring (bicyclic) bond motifs is 1. The molecule has 0 saturated carbocycles. The van der Waals surface area contributed by atoms with E-state index in [-0.39, 0.29) is 12.5 Å². The second-order valence-electron chi connectivity index (χ2n) is 6.44. The number of ether oxygens (including phenoxy) is 2. The van der Waals surface area contributed by atoms with Gasteiger partial charge in [-0.2, -0.15) is 0 Å². The van der Waals surface area contributed by atoms with Crippen LogP contribution in [0.4, 0.5) is 5.69 Å². The van der Waals surface area contributed by atoms with Crippen molar-refractivity contribution in [2.75, 3.05) is 19.0 Å². The third-order valence-corrected chi connectivity index (χ3v) is 4.70. The number of rotatable bonds is 5. The zero-order valence-electron chi connectivity index (χ0n) is 15.1. The number of hydrogen-bond donors (Lipinski definition) is 1. The Morgan fingerprint density at radius 2 is 1.85 bits per heavy atom. The number of hydrogen-bond acceptors (Lipinski definition) is 4. The van der Waals surface area contributed by atoms with Crippen molar-refractivity contribution in [2.24, 2.45) is 0 Å². The van der Waals surface area contributed by atoms with E-state index >= 15 is 0 Å². The molecule has 2 aromatic carbocycles. The smallest absolute Gasteiger partial charge is 0.338 e. The normalized spacial score (nSPS) is 12.8. The molecule has 1 N–H and O–H groups in total. The van der Waals surface area contributed by atoms with Crippen LogP contribution in [0.3, 0.4) is 0 Å². The molecule has 1 amide bonds. The van der Waals surface area contributed by atoms with Crippen LogP contribution in [0.5, 0.6) is 5.75 Å². The second-order valence-corrected chi connectivity index (χ2v) is 6.44. The van der Waals surface area contributed by atoms with Crippen LogP contribution in [0.2, 0.25) is 0 Å². The molecule has 5 heteroatoms. The Morgan fingerprint density at radius 1 is 1.08 bits per heavy atom. The number of nitrogens with one attached hydrogen (secondary N) is 1. The summed E-state index contributed by atoms with van der Waals surface area (Å²) in [5, 5.41) is 2.79. The van der Waals surface area contributed by atoms with Crippen LogP contribution in [0.1, 0.15) is 39.9 Å². The van der Waals surface area contributed by atoms with Crippen LogP contribution in [0.25, 0.3) is 0 Å². The largest absolute Gasteiger partial charge is 0.484 e. The van der Waals surface area contributed by atoms with Gasteiger partial charge in [-0.05, 0) is 73.6 Å². The topological polar surface area (TPSA) is 64.6 Å². The molecular weight excluding hydrogens is 330 g/mol. The van der Waals surface area contributed by atoms with Gasteiger partial charge < -0.3 is 14.8 Å². The molecule has 3 rings (SSSR count). The highest BCUT2D eigenvalue weighted by molar-refractivity contribution is 5.97. The van der Waals surface area contributed by atoms with Gasteiger partial charge in [0, 0.05) is 5.69 Å². The molecule has 1 aliphatic rings. The summed E-state index contributed by atoms with van der Waals surface area (Å²) in [6, 6.07) is 11.2. The summed E-state index contributed by atoms with van der Waals surface area (Å²) in [4.78, 5) is 24.0. The summed E-state index contributed by atoms with van der Waals surface area (Å²) in [7, 11) is 1.33. The average molecular weight is 353 g/mol. The summed E-state index contributed by atoms with van der Waals surface area (Å²) < 4.78 is 10.4. The van der Waals surface area contributed by atoms with E-state index in [1.165, 1.54) is 31.1 Å². The average Bonchev–Trinajstić information content (AvgIpc) is 2.67. The Kier molecular flexibility index (Phi) is 5.56. The maximum atomic E-state index is 12.2. The van der Waals surface area contributed by atoms with Gasteiger partial charge >= 0.3 is 5.97 Å². The summed E-state index contributed by atoms with van der Waals surface area (Å²) in [6.07, 6.45) is 4.62. The van der Waals surface area contributed by atoms with Crippen molar-refractivity contribution in [1.82, 2.24) is 0 Å². The number of aryl methyl sites for hydroxylation is 2. The van der Waals surface area contributed by atoms with Crippen molar-refractivity contribution in [3.05, 3.63) is 58.7 Å². The van der Waals surface area contributed by atoms with Crippen LogP contribution in [0.15, 0.2) is 36.4 Å². The third kappa shape index (κ3) is 4.04. The fraction of sp³-hybridized carbons (Fsp3) is 0.333. The predicted molar refractivity (Wildman–Crippen MR) is 99.7 cm³/mol. The lowest BCUT2D eigenvalue weighted by atomic mass is 9.92. The van der Waals surface area contributed by atoms with Crippen molar-refractivity contribution < 1.29 is 19.1 Å². The molecule has 0 spiro atoms. The molecule has 2 aromatic rings. The molecule has 0 fully saturated rings. The number of carbonyl (C=O) groups excluding carboxylic acids is 2. The first-order valence-corrected chi connectivity index (χ1v) is 8.81. The Bertz CT molecular complexity index is 829. The summed E-state index contributed by atoms with van der Waals surface area (Å²) >= 11 is 0. The molecule has 0 aromatic heterocycles. The van der Waals surface area contributed by atoms with E-state index in [0.717, 1.165) is 12.8 Å². The highest BCUT2D eigenvalue weighted by Gasteiger charge is 2.14. The van der Waals surface area contributed by atoms with Gasteiger partial charge in [-0.1, -0.05) is 12.1 Å². The molecule has 26 heavy (non-hydrogen) atoms. The molecule has 1 aliphatic carbocycles. The first kappa shape index (κ1) is 18.0. The van der Waals surface area contributed by atoms with Crippen molar-refractivity contribution in [3.8, 4) is 5.75 Å². The Balaban J connectivity index is 1.62. The minimum atomic E-state index is -0.427. The van der Waals surface area contributed by atoms with Gasteiger partial charge in [0.2, 0.25) is 0 Å². The second kappa shape index (κ2) is 8.04. The van der Waals surface area contributed by atoms with Gasteiger partial charge in [0.15, 0.2) is 6.61 Å². The van der Waals surface area contributed by atoms with E-state index in [9.17, 15) is 9.59 Å². The minimum Gasteiger partial charge on any atom is -0.484 e. The van der Waals surface area contributed by atoms with E-state index in [4.69, 9.17) is 9.47 Å². The minimum absolute atomic E-state index is 0.0827. The van der Waals surface area contributed by atoms with Crippen LogP contribution in [0, 0.1) is 6.92 Å². The van der Waals surface area contributed by atoms with Gasteiger partial charge in [0.1, 0.15) is 5.75 Å². The van der Waals surface area contributed by atoms with Gasteiger partial charge in [-0.3, -0.25) is 4.79 Å². The van der Waals surface area contributed by atoms with Crippen LogP contribution in [-0.2, 0) is 22.4 Å². The summed E-state index contributed by atoms with van der Waals surface area (Å²) in [6.45, 7) is 1.69. The van der Waals surface area contributed by atoms with Crippen LogP contribution < -0.4 is 10.1 Å². The van der Waals surface area contributed by atoms with E-state index in [1.807, 2.05) is 12.1 Å². The molecule has 0 bridgehead atoms. The van der Waals surface area contributed by atoms with Crippen molar-refractivity contribution in [3.63, 3.8) is 0 Å². The number of methoxy groups -OCH3 is 1. The first-order chi connectivity index (χ1) is 12.6. The lowest BCUT2D eigenvalue weighted by Crippen LogP contribution is -2.21. The fourth-order valence-electron chi connectivity index (χ4n) is 3.24. The molecule has 0 saturated heterocycles. The number of esters is 1. The Morgan fingerprint density at radius 3 is 2.62 bits per heavy atom. The maximum Gasteiger partial charge on any atom is 0.338 e. The predicted octanol–water partition coefficient (Wildman–Crippen LogP) is 3.68. The van der Waals surface area contributed by atoms with E-state index in [1.54, 1.807) is 25.1 Å². The lowest BCUT2D eigenvalue weighted by molar-refractivity contribution is -0.118. The fourth-order valence-corrected chi connectivity index (χ4v) is 3.24. The number of benzene rings is 2. The molecule has 0 aliphatic heterocycles. The zero-order valence-corrected chi connectivity index (χ0v) is 15.1. The van der Waals surface area contributed by atoms with Gasteiger partial charge in [-0.15, -0.1) is 0 Å². The highest BCUT2D eigenvalue weighted by atomic mass is 16.5. The molecular formula is C21H23NO4. The lowest BCUT2D eigenvalue weighted by Gasteiger charge is -2.17. The monoisotopic (exact) mass is 353 g/mol.